The largest absolute Gasteiger partial charge is 0.481 e. The predicted octanol–water partition coefficient (Wildman–Crippen LogP) is 0.659. The molecule has 0 rings (SSSR count). The number of hydrogen-bond acceptors (Lipinski definition) is 3. The second-order valence-electron chi connectivity index (χ2n) is 1.78. The van der Waals surface area contributed by atoms with Gasteiger partial charge in [0.1, 0.15) is 0 Å². The third kappa shape index (κ3) is 4.46. The summed E-state index contributed by atoms with van der Waals surface area (Å²) in [5.41, 5.74) is 0. The van der Waals surface area contributed by atoms with Gasteiger partial charge in [0.05, 0.1) is 34.5 Å². The number of aliphatic carboxylic acids is 1. The molecule has 0 saturated heterocycles. The minimum Gasteiger partial charge on any atom is -0.481 e. The van der Waals surface area contributed by atoms with Gasteiger partial charge in [0, 0.05) is 0 Å². The fourth-order valence-corrected chi connectivity index (χ4v) is 1.67. The van der Waals surface area contributed by atoms with E-state index in [9.17, 15) is 9.59 Å². The van der Waals surface area contributed by atoms with Crippen molar-refractivity contribution >= 4 is 46.5 Å². The first-order valence-corrected chi connectivity index (χ1v) is 5.13. The van der Waals surface area contributed by atoms with Crippen LogP contribution >= 0.6 is 34.6 Å². The number of carbonyl (C=O) groups is 2. The van der Waals surface area contributed by atoms with Gasteiger partial charge in [-0.15, -0.1) is 0 Å². The number of carboxylic acids is 1. The molecule has 0 spiro atoms. The number of rotatable bonds is 4. The maximum atomic E-state index is 10.9. The van der Waals surface area contributed by atoms with Crippen molar-refractivity contribution in [1.82, 2.24) is 3.53 Å². The average Bonchev–Trinajstić information content (AvgIpc) is 1.98. The van der Waals surface area contributed by atoms with E-state index in [1.165, 1.54) is 11.8 Å². The summed E-state index contributed by atoms with van der Waals surface area (Å²) in [4.78, 5) is 21.1. The van der Waals surface area contributed by atoms with Crippen LogP contribution in [-0.2, 0) is 9.59 Å². The van der Waals surface area contributed by atoms with Gasteiger partial charge in [-0.25, -0.2) is 0 Å². The summed E-state index contributed by atoms with van der Waals surface area (Å²) in [6, 6.07) is 0. The zero-order valence-electron chi connectivity index (χ0n) is 5.83. The Morgan fingerprint density at radius 2 is 2.27 bits per heavy atom. The fraction of sp³-hybridized carbons (Fsp3) is 0.600. The number of hydrogen-bond donors (Lipinski definition) is 2. The molecule has 0 aromatic carbocycles. The lowest BCUT2D eigenvalue weighted by Gasteiger charge is -2.07. The van der Waals surface area contributed by atoms with Crippen LogP contribution < -0.4 is 3.53 Å². The average molecular weight is 289 g/mol. The summed E-state index contributed by atoms with van der Waals surface area (Å²) in [6.07, 6.45) is 1.58. The van der Waals surface area contributed by atoms with E-state index in [-0.39, 0.29) is 12.3 Å². The molecule has 6 heteroatoms. The molecule has 0 saturated carbocycles. The van der Waals surface area contributed by atoms with E-state index in [0.29, 0.717) is 0 Å². The molecule has 0 heterocycles. The normalized spacial score (nSPS) is 12.2. The molecule has 4 nitrogen and oxygen atoms in total. The second-order valence-corrected chi connectivity index (χ2v) is 3.36. The second kappa shape index (κ2) is 5.64. The van der Waals surface area contributed by atoms with Crippen LogP contribution in [0.3, 0.4) is 0 Å². The lowest BCUT2D eigenvalue weighted by Crippen LogP contribution is -2.27. The number of thioether (sulfide) groups is 1. The number of nitrogens with one attached hydrogen (secondary N) is 1. The fourth-order valence-electron chi connectivity index (χ4n) is 0.503. The topological polar surface area (TPSA) is 66.4 Å². The molecule has 0 aliphatic heterocycles. The lowest BCUT2D eigenvalue weighted by atomic mass is 10.3. The number of halogens is 1. The predicted molar refractivity (Wildman–Crippen MR) is 51.7 cm³/mol. The SMILES string of the molecule is CS[C@@H](CC(=O)O)C(=O)NI. The Bertz CT molecular complexity index is 164. The van der Waals surface area contributed by atoms with Crippen molar-refractivity contribution < 1.29 is 14.7 Å². The molecule has 0 aliphatic rings. The third-order valence-electron chi connectivity index (χ3n) is 1.03. The molecular formula is C5H8INO3S. The minimum absolute atomic E-state index is 0.129. The Morgan fingerprint density at radius 1 is 1.73 bits per heavy atom. The number of amides is 1. The highest BCUT2D eigenvalue weighted by molar-refractivity contribution is 14.1. The zero-order valence-corrected chi connectivity index (χ0v) is 8.81. The molecule has 0 fully saturated rings. The van der Waals surface area contributed by atoms with E-state index in [4.69, 9.17) is 5.11 Å². The standard InChI is InChI=1S/C5H8INO3S/c1-11-3(2-4(8)9)5(10)7-6/h3H,2H2,1H3,(H,7,10)(H,8,9)/t3-/m0/s1. The Morgan fingerprint density at radius 3 is 2.55 bits per heavy atom. The first kappa shape index (κ1) is 11.0. The summed E-state index contributed by atoms with van der Waals surface area (Å²) >= 11 is 2.93. The molecule has 0 unspecified atom stereocenters. The molecule has 0 aromatic heterocycles. The van der Waals surface area contributed by atoms with Gasteiger partial charge >= 0.3 is 5.97 Å². The Kier molecular flexibility index (Phi) is 5.65. The van der Waals surface area contributed by atoms with E-state index < -0.39 is 11.2 Å². The number of carbonyl (C=O) groups excluding carboxylic acids is 1. The molecule has 1 amide bonds. The van der Waals surface area contributed by atoms with Crippen molar-refractivity contribution in [2.75, 3.05) is 6.26 Å². The minimum atomic E-state index is -0.954. The van der Waals surface area contributed by atoms with Gasteiger partial charge in [0.15, 0.2) is 0 Å². The summed E-state index contributed by atoms with van der Waals surface area (Å²) in [6.45, 7) is 0. The molecule has 2 N–H and O–H groups in total. The van der Waals surface area contributed by atoms with Crippen LogP contribution in [0.1, 0.15) is 6.42 Å². The Labute approximate surface area is 82.6 Å². The van der Waals surface area contributed by atoms with Crippen LogP contribution in [0, 0.1) is 0 Å². The summed E-state index contributed by atoms with van der Waals surface area (Å²) in [5, 5.41) is 7.88. The van der Waals surface area contributed by atoms with Crippen molar-refractivity contribution in [2.24, 2.45) is 0 Å². The van der Waals surface area contributed by atoms with Crippen molar-refractivity contribution in [3.05, 3.63) is 0 Å². The van der Waals surface area contributed by atoms with E-state index in [1.807, 2.05) is 0 Å². The van der Waals surface area contributed by atoms with Crippen LogP contribution in [-0.4, -0.2) is 28.5 Å². The Hall–Kier alpha value is 0.0200. The van der Waals surface area contributed by atoms with Gasteiger partial charge < -0.3 is 5.11 Å². The highest BCUT2D eigenvalue weighted by Crippen LogP contribution is 2.11. The smallest absolute Gasteiger partial charge is 0.305 e. The maximum absolute atomic E-state index is 10.9. The van der Waals surface area contributed by atoms with Gasteiger partial charge in [-0.05, 0) is 6.26 Å². The van der Waals surface area contributed by atoms with Crippen molar-refractivity contribution in [3.63, 3.8) is 0 Å². The van der Waals surface area contributed by atoms with Crippen LogP contribution in [0.2, 0.25) is 0 Å². The van der Waals surface area contributed by atoms with Gasteiger partial charge in [0.2, 0.25) is 5.91 Å². The van der Waals surface area contributed by atoms with E-state index >= 15 is 0 Å². The maximum Gasteiger partial charge on any atom is 0.305 e. The highest BCUT2D eigenvalue weighted by Gasteiger charge is 2.19. The van der Waals surface area contributed by atoms with Gasteiger partial charge in [-0.3, -0.25) is 13.1 Å². The molecule has 64 valence electrons. The van der Waals surface area contributed by atoms with Crippen molar-refractivity contribution in [1.29, 1.82) is 0 Å². The van der Waals surface area contributed by atoms with Crippen LogP contribution in [0.5, 0.6) is 0 Å². The van der Waals surface area contributed by atoms with Crippen LogP contribution in [0.15, 0.2) is 0 Å². The van der Waals surface area contributed by atoms with E-state index in [2.05, 4.69) is 3.53 Å². The first-order chi connectivity index (χ1) is 5.11. The highest BCUT2D eigenvalue weighted by atomic mass is 127. The summed E-state index contributed by atoms with van der Waals surface area (Å²) in [5.74, 6) is -1.20. The lowest BCUT2D eigenvalue weighted by molar-refractivity contribution is -0.138. The monoisotopic (exact) mass is 289 g/mol. The van der Waals surface area contributed by atoms with Gasteiger partial charge in [0.25, 0.3) is 0 Å². The van der Waals surface area contributed by atoms with Crippen molar-refractivity contribution in [2.45, 2.75) is 11.7 Å². The Balaban J connectivity index is 3.94. The summed E-state index contributed by atoms with van der Waals surface area (Å²) < 4.78 is 2.37. The number of carboxylic acid groups (broad SMARTS) is 1. The van der Waals surface area contributed by atoms with Crippen LogP contribution in [0.25, 0.3) is 0 Å². The van der Waals surface area contributed by atoms with E-state index in [0.717, 1.165) is 0 Å². The van der Waals surface area contributed by atoms with E-state index in [1.54, 1.807) is 29.1 Å². The zero-order chi connectivity index (χ0) is 8.85. The summed E-state index contributed by atoms with van der Waals surface area (Å²) in [7, 11) is 0. The first-order valence-electron chi connectivity index (χ1n) is 2.77. The van der Waals surface area contributed by atoms with Crippen molar-refractivity contribution in [3.8, 4) is 0 Å². The molecule has 0 aliphatic carbocycles. The van der Waals surface area contributed by atoms with Gasteiger partial charge in [-0.2, -0.15) is 11.8 Å². The molecule has 1 atom stereocenters. The van der Waals surface area contributed by atoms with Crippen LogP contribution in [0.4, 0.5) is 0 Å². The third-order valence-corrected chi connectivity index (χ3v) is 2.51. The molecule has 0 radical (unpaired) electrons. The quantitative estimate of drug-likeness (QED) is 0.589. The molecule has 0 aromatic rings. The van der Waals surface area contributed by atoms with Gasteiger partial charge in [-0.1, -0.05) is 0 Å². The molecule has 11 heavy (non-hydrogen) atoms. The molecular weight excluding hydrogens is 281 g/mol. The molecule has 0 bridgehead atoms.